The van der Waals surface area contributed by atoms with E-state index in [1.807, 2.05) is 59.4 Å². The molecular formula is C21H20N6O2. The van der Waals surface area contributed by atoms with Gasteiger partial charge in [-0.2, -0.15) is 0 Å². The van der Waals surface area contributed by atoms with Gasteiger partial charge in [-0.25, -0.2) is 9.97 Å². The maximum absolute atomic E-state index is 12.9. The van der Waals surface area contributed by atoms with Crippen LogP contribution in [-0.4, -0.2) is 37.5 Å². The Bertz CT molecular complexity index is 1290. The van der Waals surface area contributed by atoms with Crippen LogP contribution < -0.4 is 10.6 Å². The first-order chi connectivity index (χ1) is 14.1. The third kappa shape index (κ3) is 2.67. The van der Waals surface area contributed by atoms with E-state index in [1.54, 1.807) is 6.07 Å². The number of aromatic nitrogens is 4. The van der Waals surface area contributed by atoms with Gasteiger partial charge >= 0.3 is 0 Å². The first-order valence-corrected chi connectivity index (χ1v) is 9.63. The van der Waals surface area contributed by atoms with Crippen molar-refractivity contribution in [2.45, 2.75) is 26.4 Å². The molecule has 1 aliphatic heterocycles. The first-order valence-electron chi connectivity index (χ1n) is 9.63. The van der Waals surface area contributed by atoms with Crippen molar-refractivity contribution in [3.05, 3.63) is 53.9 Å². The number of anilines is 1. The van der Waals surface area contributed by atoms with Crippen molar-refractivity contribution in [1.29, 1.82) is 0 Å². The largest absolute Gasteiger partial charge is 0.349 e. The standard InChI is InChI=1S/C21H20N6O2/c1-3-26-16-7-5-4-6-14(16)24-21(26)25-19(28)15-9-8-13-10-17-20(29)22-11-12(2)27(17)18(13)23-15/h4-10,12H,3,11H2,1-2H3,(H,22,29)(H,24,25,28). The monoisotopic (exact) mass is 388 g/mol. The number of nitrogens with one attached hydrogen (secondary N) is 2. The maximum Gasteiger partial charge on any atom is 0.276 e. The summed E-state index contributed by atoms with van der Waals surface area (Å²) in [6, 6.07) is 13.1. The molecule has 0 spiro atoms. The van der Waals surface area contributed by atoms with Crippen LogP contribution in [-0.2, 0) is 6.54 Å². The van der Waals surface area contributed by atoms with Gasteiger partial charge in [0.05, 0.1) is 17.1 Å². The number of para-hydroxylation sites is 2. The quantitative estimate of drug-likeness (QED) is 0.564. The Hall–Kier alpha value is -3.68. The molecular weight excluding hydrogens is 368 g/mol. The Kier molecular flexibility index (Phi) is 3.87. The molecule has 8 nitrogen and oxygen atoms in total. The van der Waals surface area contributed by atoms with Crippen LogP contribution in [0.15, 0.2) is 42.5 Å². The van der Waals surface area contributed by atoms with Gasteiger partial charge < -0.3 is 14.5 Å². The summed E-state index contributed by atoms with van der Waals surface area (Å²) in [7, 11) is 0. The molecule has 1 atom stereocenters. The van der Waals surface area contributed by atoms with Crippen LogP contribution in [0, 0.1) is 0 Å². The molecule has 146 valence electrons. The van der Waals surface area contributed by atoms with Crippen molar-refractivity contribution in [1.82, 2.24) is 24.4 Å². The summed E-state index contributed by atoms with van der Waals surface area (Å²) < 4.78 is 3.85. The molecule has 2 N–H and O–H groups in total. The predicted octanol–water partition coefficient (Wildman–Crippen LogP) is 2.96. The van der Waals surface area contributed by atoms with Gasteiger partial charge in [0.25, 0.3) is 11.8 Å². The molecule has 2 amide bonds. The fourth-order valence-electron chi connectivity index (χ4n) is 3.92. The van der Waals surface area contributed by atoms with Gasteiger partial charge in [-0.15, -0.1) is 0 Å². The lowest BCUT2D eigenvalue weighted by molar-refractivity contribution is 0.0918. The van der Waals surface area contributed by atoms with Gasteiger partial charge in [-0.1, -0.05) is 12.1 Å². The topological polar surface area (TPSA) is 93.8 Å². The maximum atomic E-state index is 12.9. The fourth-order valence-corrected chi connectivity index (χ4v) is 3.92. The summed E-state index contributed by atoms with van der Waals surface area (Å²) in [4.78, 5) is 34.2. The summed E-state index contributed by atoms with van der Waals surface area (Å²) in [6.07, 6.45) is 0. The van der Waals surface area contributed by atoms with Crippen LogP contribution in [0.25, 0.3) is 22.1 Å². The van der Waals surface area contributed by atoms with Crippen molar-refractivity contribution in [3.63, 3.8) is 0 Å². The normalized spacial score (nSPS) is 16.1. The molecule has 0 radical (unpaired) electrons. The van der Waals surface area contributed by atoms with Crippen molar-refractivity contribution >= 4 is 39.8 Å². The van der Waals surface area contributed by atoms with E-state index >= 15 is 0 Å². The van der Waals surface area contributed by atoms with Crippen LogP contribution in [0.2, 0.25) is 0 Å². The summed E-state index contributed by atoms with van der Waals surface area (Å²) in [6.45, 7) is 5.24. The zero-order valence-corrected chi connectivity index (χ0v) is 16.1. The highest BCUT2D eigenvalue weighted by atomic mass is 16.2. The number of hydrogen-bond donors (Lipinski definition) is 2. The first kappa shape index (κ1) is 17.4. The van der Waals surface area contributed by atoms with E-state index in [9.17, 15) is 9.59 Å². The number of nitrogens with zero attached hydrogens (tertiary/aromatic N) is 4. The van der Waals surface area contributed by atoms with E-state index in [0.29, 0.717) is 30.4 Å². The number of fused-ring (bicyclic) bond motifs is 4. The highest BCUT2D eigenvalue weighted by Crippen LogP contribution is 2.26. The highest BCUT2D eigenvalue weighted by Gasteiger charge is 2.26. The molecule has 0 aliphatic carbocycles. The number of imidazole rings is 1. The van der Waals surface area contributed by atoms with Crippen LogP contribution in [0.1, 0.15) is 40.9 Å². The van der Waals surface area contributed by atoms with Gasteiger partial charge in [-0.05, 0) is 44.2 Å². The van der Waals surface area contributed by atoms with Crippen LogP contribution >= 0.6 is 0 Å². The third-order valence-electron chi connectivity index (χ3n) is 5.35. The number of hydrogen-bond acceptors (Lipinski definition) is 4. The SMILES string of the molecule is CCn1c(NC(=O)c2ccc3cc4n(c3n2)C(C)CNC4=O)nc2ccccc21. The van der Waals surface area contributed by atoms with E-state index in [0.717, 1.165) is 16.4 Å². The lowest BCUT2D eigenvalue weighted by Gasteiger charge is -2.23. The van der Waals surface area contributed by atoms with Gasteiger partial charge in [0, 0.05) is 18.5 Å². The minimum atomic E-state index is -0.333. The van der Waals surface area contributed by atoms with Gasteiger partial charge in [-0.3, -0.25) is 14.9 Å². The minimum Gasteiger partial charge on any atom is -0.349 e. The summed E-state index contributed by atoms with van der Waals surface area (Å²) >= 11 is 0. The van der Waals surface area contributed by atoms with Crippen LogP contribution in [0.5, 0.6) is 0 Å². The molecule has 0 bridgehead atoms. The van der Waals surface area contributed by atoms with Crippen LogP contribution in [0.3, 0.4) is 0 Å². The van der Waals surface area contributed by atoms with Crippen LogP contribution in [0.4, 0.5) is 5.95 Å². The second kappa shape index (κ2) is 6.44. The van der Waals surface area contributed by atoms with Crippen molar-refractivity contribution in [2.75, 3.05) is 11.9 Å². The molecule has 0 saturated heterocycles. The second-order valence-electron chi connectivity index (χ2n) is 7.19. The third-order valence-corrected chi connectivity index (χ3v) is 5.35. The number of carbonyl (C=O) groups excluding carboxylic acids is 2. The summed E-state index contributed by atoms with van der Waals surface area (Å²) in [5.74, 6) is 0.0367. The van der Waals surface area contributed by atoms with Crippen molar-refractivity contribution in [2.24, 2.45) is 0 Å². The molecule has 1 aliphatic rings. The van der Waals surface area contributed by atoms with E-state index in [-0.39, 0.29) is 23.6 Å². The molecule has 1 unspecified atom stereocenters. The number of benzene rings is 1. The molecule has 5 rings (SSSR count). The van der Waals surface area contributed by atoms with E-state index < -0.39 is 0 Å². The molecule has 0 saturated carbocycles. The Morgan fingerprint density at radius 1 is 1.24 bits per heavy atom. The molecule has 3 aromatic heterocycles. The fraction of sp³-hybridized carbons (Fsp3) is 0.238. The van der Waals surface area contributed by atoms with Gasteiger partial charge in [0.15, 0.2) is 0 Å². The molecule has 1 aromatic carbocycles. The Morgan fingerprint density at radius 2 is 2.07 bits per heavy atom. The molecule has 4 aromatic rings. The average Bonchev–Trinajstić information content (AvgIpc) is 3.28. The molecule has 8 heteroatoms. The number of rotatable bonds is 3. The number of pyridine rings is 1. The zero-order chi connectivity index (χ0) is 20.1. The van der Waals surface area contributed by atoms with E-state index in [2.05, 4.69) is 20.6 Å². The average molecular weight is 388 g/mol. The minimum absolute atomic E-state index is 0.0651. The zero-order valence-electron chi connectivity index (χ0n) is 16.1. The lowest BCUT2D eigenvalue weighted by Crippen LogP contribution is -2.37. The molecule has 4 heterocycles. The number of carbonyl (C=O) groups is 2. The molecule has 0 fully saturated rings. The van der Waals surface area contributed by atoms with Crippen molar-refractivity contribution in [3.8, 4) is 0 Å². The smallest absolute Gasteiger partial charge is 0.276 e. The van der Waals surface area contributed by atoms with E-state index in [1.165, 1.54) is 0 Å². The summed E-state index contributed by atoms with van der Waals surface area (Å²) in [5, 5.41) is 6.59. The summed E-state index contributed by atoms with van der Waals surface area (Å²) in [5.41, 5.74) is 3.28. The predicted molar refractivity (Wildman–Crippen MR) is 110 cm³/mol. The lowest BCUT2D eigenvalue weighted by atomic mass is 10.2. The van der Waals surface area contributed by atoms with Gasteiger partial charge in [0.2, 0.25) is 5.95 Å². The van der Waals surface area contributed by atoms with Gasteiger partial charge in [0.1, 0.15) is 17.0 Å². The number of aryl methyl sites for hydroxylation is 1. The number of amides is 2. The Labute approximate surface area is 166 Å². The Balaban J connectivity index is 1.54. The highest BCUT2D eigenvalue weighted by molar-refractivity contribution is 6.05. The second-order valence-corrected chi connectivity index (χ2v) is 7.19. The Morgan fingerprint density at radius 3 is 2.90 bits per heavy atom. The van der Waals surface area contributed by atoms with Crippen molar-refractivity contribution < 1.29 is 9.59 Å². The molecule has 29 heavy (non-hydrogen) atoms. The van der Waals surface area contributed by atoms with E-state index in [4.69, 9.17) is 0 Å².